The van der Waals surface area contributed by atoms with Gasteiger partial charge in [0, 0.05) is 31.9 Å². The molecule has 5 nitrogen and oxygen atoms in total. The molecular weight excluding hydrogens is 250 g/mol. The van der Waals surface area contributed by atoms with Crippen molar-refractivity contribution >= 4 is 11.0 Å². The van der Waals surface area contributed by atoms with Gasteiger partial charge in [-0.1, -0.05) is 12.1 Å². The molecule has 2 aromatic heterocycles. The van der Waals surface area contributed by atoms with E-state index in [9.17, 15) is 0 Å². The summed E-state index contributed by atoms with van der Waals surface area (Å²) in [6, 6.07) is 8.20. The minimum atomic E-state index is 0.750. The second kappa shape index (κ2) is 5.09. The summed E-state index contributed by atoms with van der Waals surface area (Å²) in [5, 5.41) is 7.69. The van der Waals surface area contributed by atoms with Crippen molar-refractivity contribution in [1.29, 1.82) is 0 Å². The molecule has 20 heavy (non-hydrogen) atoms. The molecule has 0 bridgehead atoms. The third kappa shape index (κ3) is 2.20. The van der Waals surface area contributed by atoms with Gasteiger partial charge in [0.25, 0.3) is 0 Å². The second-order valence-electron chi connectivity index (χ2n) is 5.06. The van der Waals surface area contributed by atoms with Crippen molar-refractivity contribution < 1.29 is 0 Å². The lowest BCUT2D eigenvalue weighted by Crippen LogP contribution is -2.16. The number of hydrogen-bond donors (Lipinski definition) is 1. The number of hydrogen-bond acceptors (Lipinski definition) is 3. The Balaban J connectivity index is 1.71. The summed E-state index contributed by atoms with van der Waals surface area (Å²) >= 11 is 0. The minimum absolute atomic E-state index is 0.750. The SMILES string of the molecule is Cc1c(CNCc2nc3ccccc3n2C)cnn1C. The largest absolute Gasteiger partial charge is 0.330 e. The van der Waals surface area contributed by atoms with Crippen LogP contribution in [0.5, 0.6) is 0 Å². The fraction of sp³-hybridized carbons (Fsp3) is 0.333. The first-order valence-corrected chi connectivity index (χ1v) is 6.75. The first-order chi connectivity index (χ1) is 9.66. The van der Waals surface area contributed by atoms with Crippen molar-refractivity contribution in [3.8, 4) is 0 Å². The van der Waals surface area contributed by atoms with E-state index >= 15 is 0 Å². The smallest absolute Gasteiger partial charge is 0.123 e. The van der Waals surface area contributed by atoms with Crippen LogP contribution in [0.15, 0.2) is 30.5 Å². The summed E-state index contributed by atoms with van der Waals surface area (Å²) in [6.45, 7) is 3.64. The summed E-state index contributed by atoms with van der Waals surface area (Å²) in [4.78, 5) is 4.65. The van der Waals surface area contributed by atoms with Crippen molar-refractivity contribution in [2.45, 2.75) is 20.0 Å². The molecule has 0 radical (unpaired) electrons. The van der Waals surface area contributed by atoms with Crippen molar-refractivity contribution in [1.82, 2.24) is 24.6 Å². The van der Waals surface area contributed by atoms with Crippen LogP contribution in [0.3, 0.4) is 0 Å². The van der Waals surface area contributed by atoms with Crippen LogP contribution < -0.4 is 5.32 Å². The molecule has 0 aliphatic rings. The van der Waals surface area contributed by atoms with E-state index < -0.39 is 0 Å². The molecule has 1 N–H and O–H groups in total. The molecule has 0 atom stereocenters. The number of fused-ring (bicyclic) bond motifs is 1. The van der Waals surface area contributed by atoms with E-state index in [1.807, 2.05) is 36.1 Å². The summed E-state index contributed by atoms with van der Waals surface area (Å²) < 4.78 is 4.03. The third-order valence-corrected chi connectivity index (χ3v) is 3.82. The molecule has 0 spiro atoms. The predicted molar refractivity (Wildman–Crippen MR) is 79.2 cm³/mol. The predicted octanol–water partition coefficient (Wildman–Crippen LogP) is 1.91. The highest BCUT2D eigenvalue weighted by atomic mass is 15.3. The molecule has 0 aliphatic carbocycles. The molecule has 0 amide bonds. The van der Waals surface area contributed by atoms with Crippen molar-refractivity contribution in [2.75, 3.05) is 0 Å². The zero-order valence-corrected chi connectivity index (χ0v) is 12.1. The highest BCUT2D eigenvalue weighted by molar-refractivity contribution is 5.75. The van der Waals surface area contributed by atoms with Crippen LogP contribution in [0.1, 0.15) is 17.1 Å². The van der Waals surface area contributed by atoms with Gasteiger partial charge in [0.15, 0.2) is 0 Å². The standard InChI is InChI=1S/C15H19N5/c1-11-12(9-17-20(11)3)8-16-10-15-18-13-6-4-5-7-14(13)19(15)2/h4-7,9,16H,8,10H2,1-3H3. The van der Waals surface area contributed by atoms with Crippen molar-refractivity contribution in [3.63, 3.8) is 0 Å². The summed E-state index contributed by atoms with van der Waals surface area (Å²) in [7, 11) is 4.02. The van der Waals surface area contributed by atoms with Gasteiger partial charge in [-0.3, -0.25) is 4.68 Å². The number of aromatic nitrogens is 4. The summed E-state index contributed by atoms with van der Waals surface area (Å²) in [6.07, 6.45) is 1.91. The Hall–Kier alpha value is -2.14. The van der Waals surface area contributed by atoms with Crippen LogP contribution in [-0.4, -0.2) is 19.3 Å². The molecule has 0 fully saturated rings. The molecule has 0 saturated heterocycles. The average molecular weight is 269 g/mol. The topological polar surface area (TPSA) is 47.7 Å². The van der Waals surface area contributed by atoms with Crippen LogP contribution in [0, 0.1) is 6.92 Å². The number of rotatable bonds is 4. The Labute approximate surface area is 118 Å². The molecule has 3 rings (SSSR count). The van der Waals surface area contributed by atoms with Crippen molar-refractivity contribution in [3.05, 3.63) is 47.5 Å². The fourth-order valence-electron chi connectivity index (χ4n) is 2.38. The number of aryl methyl sites for hydroxylation is 2. The van der Waals surface area contributed by atoms with Gasteiger partial charge < -0.3 is 9.88 Å². The molecule has 0 unspecified atom stereocenters. The van der Waals surface area contributed by atoms with Crippen LogP contribution in [0.2, 0.25) is 0 Å². The normalized spacial score (nSPS) is 11.3. The van der Waals surface area contributed by atoms with Gasteiger partial charge in [-0.05, 0) is 19.1 Å². The minimum Gasteiger partial charge on any atom is -0.330 e. The average Bonchev–Trinajstić information content (AvgIpc) is 2.94. The van der Waals surface area contributed by atoms with Gasteiger partial charge >= 0.3 is 0 Å². The molecule has 2 heterocycles. The van der Waals surface area contributed by atoms with E-state index in [-0.39, 0.29) is 0 Å². The number of benzene rings is 1. The number of nitrogens with one attached hydrogen (secondary N) is 1. The van der Waals surface area contributed by atoms with E-state index in [4.69, 9.17) is 0 Å². The lowest BCUT2D eigenvalue weighted by atomic mass is 10.2. The van der Waals surface area contributed by atoms with Crippen LogP contribution >= 0.6 is 0 Å². The van der Waals surface area contributed by atoms with Crippen LogP contribution in [-0.2, 0) is 27.2 Å². The van der Waals surface area contributed by atoms with E-state index in [0.717, 1.165) is 24.4 Å². The molecule has 0 saturated carbocycles. The zero-order chi connectivity index (χ0) is 14.1. The number of para-hydroxylation sites is 2. The molecule has 5 heteroatoms. The fourth-order valence-corrected chi connectivity index (χ4v) is 2.38. The number of nitrogens with zero attached hydrogens (tertiary/aromatic N) is 4. The van der Waals surface area contributed by atoms with Crippen molar-refractivity contribution in [2.24, 2.45) is 14.1 Å². The summed E-state index contributed by atoms with van der Waals surface area (Å²) in [5.74, 6) is 1.05. The third-order valence-electron chi connectivity index (χ3n) is 3.82. The second-order valence-corrected chi connectivity index (χ2v) is 5.06. The first-order valence-electron chi connectivity index (χ1n) is 6.75. The van der Waals surface area contributed by atoms with E-state index in [2.05, 4.69) is 40.0 Å². The highest BCUT2D eigenvalue weighted by Crippen LogP contribution is 2.14. The van der Waals surface area contributed by atoms with Gasteiger partial charge in [-0.25, -0.2) is 4.98 Å². The lowest BCUT2D eigenvalue weighted by molar-refractivity contribution is 0.640. The monoisotopic (exact) mass is 269 g/mol. The van der Waals surface area contributed by atoms with Gasteiger partial charge in [-0.15, -0.1) is 0 Å². The quantitative estimate of drug-likeness (QED) is 0.787. The zero-order valence-electron chi connectivity index (χ0n) is 12.1. The maximum atomic E-state index is 4.65. The Morgan fingerprint density at radius 2 is 1.95 bits per heavy atom. The lowest BCUT2D eigenvalue weighted by Gasteiger charge is -2.05. The van der Waals surface area contributed by atoms with E-state index in [1.165, 1.54) is 16.8 Å². The maximum absolute atomic E-state index is 4.65. The molecule has 3 aromatic rings. The van der Waals surface area contributed by atoms with Gasteiger partial charge in [0.2, 0.25) is 0 Å². The van der Waals surface area contributed by atoms with Gasteiger partial charge in [0.05, 0.1) is 23.8 Å². The Morgan fingerprint density at radius 1 is 1.15 bits per heavy atom. The molecule has 0 aliphatic heterocycles. The first kappa shape index (κ1) is 12.9. The Bertz CT molecular complexity index is 738. The molecule has 1 aromatic carbocycles. The van der Waals surface area contributed by atoms with Gasteiger partial charge in [0.1, 0.15) is 5.82 Å². The Morgan fingerprint density at radius 3 is 2.65 bits per heavy atom. The highest BCUT2D eigenvalue weighted by Gasteiger charge is 2.07. The number of imidazole rings is 1. The van der Waals surface area contributed by atoms with E-state index in [0.29, 0.717) is 0 Å². The molecular formula is C15H19N5. The van der Waals surface area contributed by atoms with Crippen LogP contribution in [0.4, 0.5) is 0 Å². The van der Waals surface area contributed by atoms with E-state index in [1.54, 1.807) is 0 Å². The maximum Gasteiger partial charge on any atom is 0.123 e. The van der Waals surface area contributed by atoms with Crippen LogP contribution in [0.25, 0.3) is 11.0 Å². The summed E-state index contributed by atoms with van der Waals surface area (Å²) in [5.41, 5.74) is 4.64. The Kier molecular flexibility index (Phi) is 3.28. The molecule has 104 valence electrons. The van der Waals surface area contributed by atoms with Gasteiger partial charge in [-0.2, -0.15) is 5.10 Å².